The fourth-order valence-corrected chi connectivity index (χ4v) is 2.29. The van der Waals surface area contributed by atoms with Crippen molar-refractivity contribution in [2.45, 2.75) is 20.0 Å². The van der Waals surface area contributed by atoms with Crippen LogP contribution in [0.1, 0.15) is 18.1 Å². The van der Waals surface area contributed by atoms with Gasteiger partial charge in [0.05, 0.1) is 7.11 Å². The Balaban J connectivity index is 1.89. The molecule has 2 heterocycles. The smallest absolute Gasteiger partial charge is 0.322 e. The van der Waals surface area contributed by atoms with Gasteiger partial charge in [-0.25, -0.2) is 0 Å². The van der Waals surface area contributed by atoms with E-state index in [2.05, 4.69) is 49.4 Å². The second-order valence-electron chi connectivity index (χ2n) is 4.60. The largest absolute Gasteiger partial charge is 0.467 e. The molecule has 3 rings (SSSR count). The maximum atomic E-state index is 5.15. The molecule has 0 saturated heterocycles. The van der Waals surface area contributed by atoms with Crippen molar-refractivity contribution in [1.29, 1.82) is 0 Å². The molecule has 1 aromatic carbocycles. The number of hydrogen-bond donors (Lipinski definition) is 1. The molecule has 0 fully saturated rings. The normalized spacial score (nSPS) is 13.2. The third-order valence-electron chi connectivity index (χ3n) is 3.24. The van der Waals surface area contributed by atoms with Gasteiger partial charge in [-0.15, -0.1) is 0 Å². The van der Waals surface area contributed by atoms with Crippen LogP contribution in [0, 0.1) is 0 Å². The number of nitrogens with one attached hydrogen (secondary N) is 1. The predicted octanol–water partition coefficient (Wildman–Crippen LogP) is 1.83. The fraction of sp³-hybridized carbons (Fsp3) is 0.357. The Morgan fingerprint density at radius 1 is 1.15 bits per heavy atom. The second-order valence-corrected chi connectivity index (χ2v) is 4.60. The Morgan fingerprint density at radius 3 is 2.45 bits per heavy atom. The summed E-state index contributed by atoms with van der Waals surface area (Å²) in [6.07, 6.45) is 0. The van der Waals surface area contributed by atoms with E-state index in [0.29, 0.717) is 17.9 Å². The summed E-state index contributed by atoms with van der Waals surface area (Å²) in [5.41, 5.74) is 2.63. The molecule has 0 saturated carbocycles. The van der Waals surface area contributed by atoms with Gasteiger partial charge in [0.15, 0.2) is 0 Å². The molecule has 1 aliphatic heterocycles. The molecule has 0 bridgehead atoms. The standard InChI is InChI=1S/C14H17N5O/c1-3-15-12-16-13(18-14(17-12)20-2)19-8-10-6-4-5-7-11(10)9-19/h4-7H,3,8-9H2,1-2H3,(H,15,16,17,18). The highest BCUT2D eigenvalue weighted by atomic mass is 16.5. The van der Waals surface area contributed by atoms with Crippen LogP contribution in [0.3, 0.4) is 0 Å². The van der Waals surface area contributed by atoms with Gasteiger partial charge in [-0.3, -0.25) is 0 Å². The lowest BCUT2D eigenvalue weighted by molar-refractivity contribution is 0.378. The van der Waals surface area contributed by atoms with Gasteiger partial charge >= 0.3 is 6.01 Å². The third kappa shape index (κ3) is 2.36. The minimum Gasteiger partial charge on any atom is -0.467 e. The molecule has 20 heavy (non-hydrogen) atoms. The molecule has 0 atom stereocenters. The van der Waals surface area contributed by atoms with Gasteiger partial charge in [-0.1, -0.05) is 24.3 Å². The highest BCUT2D eigenvalue weighted by Crippen LogP contribution is 2.26. The molecule has 104 valence electrons. The first-order chi connectivity index (χ1) is 9.80. The van der Waals surface area contributed by atoms with E-state index in [1.807, 2.05) is 6.92 Å². The highest BCUT2D eigenvalue weighted by molar-refractivity contribution is 5.45. The Bertz CT molecular complexity index is 591. The zero-order chi connectivity index (χ0) is 13.9. The van der Waals surface area contributed by atoms with Gasteiger partial charge in [0.25, 0.3) is 0 Å². The molecule has 0 spiro atoms. The van der Waals surface area contributed by atoms with E-state index in [0.717, 1.165) is 19.6 Å². The first kappa shape index (κ1) is 12.7. The SMILES string of the molecule is CCNc1nc(OC)nc(N2Cc3ccccc3C2)n1. The highest BCUT2D eigenvalue weighted by Gasteiger charge is 2.22. The maximum Gasteiger partial charge on any atom is 0.322 e. The lowest BCUT2D eigenvalue weighted by Crippen LogP contribution is -2.19. The van der Waals surface area contributed by atoms with Crippen LogP contribution < -0.4 is 15.0 Å². The topological polar surface area (TPSA) is 63.2 Å². The molecule has 0 amide bonds. The van der Waals surface area contributed by atoms with Gasteiger partial charge in [0.2, 0.25) is 11.9 Å². The summed E-state index contributed by atoms with van der Waals surface area (Å²) in [5.74, 6) is 1.19. The van der Waals surface area contributed by atoms with Crippen LogP contribution in [0.4, 0.5) is 11.9 Å². The number of nitrogens with zero attached hydrogens (tertiary/aromatic N) is 4. The molecule has 1 aromatic heterocycles. The van der Waals surface area contributed by atoms with E-state index >= 15 is 0 Å². The zero-order valence-corrected chi connectivity index (χ0v) is 11.6. The summed E-state index contributed by atoms with van der Waals surface area (Å²) in [7, 11) is 1.56. The Labute approximate surface area is 117 Å². The van der Waals surface area contributed by atoms with Crippen LogP contribution in [0.2, 0.25) is 0 Å². The van der Waals surface area contributed by atoms with Crippen molar-refractivity contribution < 1.29 is 4.74 Å². The quantitative estimate of drug-likeness (QED) is 0.915. The number of anilines is 2. The van der Waals surface area contributed by atoms with E-state index in [-0.39, 0.29) is 0 Å². The number of rotatable bonds is 4. The molecule has 2 aromatic rings. The lowest BCUT2D eigenvalue weighted by atomic mass is 10.1. The van der Waals surface area contributed by atoms with Crippen molar-refractivity contribution in [3.05, 3.63) is 35.4 Å². The van der Waals surface area contributed by atoms with Gasteiger partial charge in [0.1, 0.15) is 0 Å². The van der Waals surface area contributed by atoms with E-state index in [1.54, 1.807) is 7.11 Å². The van der Waals surface area contributed by atoms with Crippen molar-refractivity contribution in [1.82, 2.24) is 15.0 Å². The van der Waals surface area contributed by atoms with Crippen molar-refractivity contribution in [2.24, 2.45) is 0 Å². The summed E-state index contributed by atoms with van der Waals surface area (Å²) in [6.45, 7) is 4.39. The molecule has 0 aliphatic carbocycles. The summed E-state index contributed by atoms with van der Waals surface area (Å²) in [4.78, 5) is 15.1. The fourth-order valence-electron chi connectivity index (χ4n) is 2.29. The van der Waals surface area contributed by atoms with Crippen LogP contribution in [0.15, 0.2) is 24.3 Å². The molecule has 6 nitrogen and oxygen atoms in total. The van der Waals surface area contributed by atoms with Crippen LogP contribution in [0.5, 0.6) is 6.01 Å². The molecular formula is C14H17N5O. The first-order valence-corrected chi connectivity index (χ1v) is 6.66. The van der Waals surface area contributed by atoms with Crippen molar-refractivity contribution in [3.8, 4) is 6.01 Å². The molecule has 0 radical (unpaired) electrons. The summed E-state index contributed by atoms with van der Waals surface area (Å²) in [5, 5.41) is 3.10. The first-order valence-electron chi connectivity index (χ1n) is 6.66. The monoisotopic (exact) mass is 271 g/mol. The van der Waals surface area contributed by atoms with Gasteiger partial charge in [-0.05, 0) is 18.1 Å². The maximum absolute atomic E-state index is 5.15. The van der Waals surface area contributed by atoms with Gasteiger partial charge in [-0.2, -0.15) is 15.0 Å². The van der Waals surface area contributed by atoms with E-state index in [4.69, 9.17) is 4.74 Å². The van der Waals surface area contributed by atoms with Crippen molar-refractivity contribution in [3.63, 3.8) is 0 Å². The van der Waals surface area contributed by atoms with Gasteiger partial charge < -0.3 is 15.0 Å². The Morgan fingerprint density at radius 2 is 1.85 bits per heavy atom. The number of ether oxygens (including phenoxy) is 1. The molecule has 0 unspecified atom stereocenters. The van der Waals surface area contributed by atoms with E-state index in [9.17, 15) is 0 Å². The number of benzene rings is 1. The van der Waals surface area contributed by atoms with Crippen molar-refractivity contribution in [2.75, 3.05) is 23.9 Å². The summed E-state index contributed by atoms with van der Waals surface area (Å²) >= 11 is 0. The predicted molar refractivity (Wildman–Crippen MR) is 76.9 cm³/mol. The molecule has 1 N–H and O–H groups in total. The van der Waals surface area contributed by atoms with Crippen molar-refractivity contribution >= 4 is 11.9 Å². The average Bonchev–Trinajstić information content (AvgIpc) is 2.91. The molecule has 1 aliphatic rings. The van der Waals surface area contributed by atoms with Crippen LogP contribution in [-0.4, -0.2) is 28.6 Å². The van der Waals surface area contributed by atoms with E-state index in [1.165, 1.54) is 11.1 Å². The average molecular weight is 271 g/mol. The van der Waals surface area contributed by atoms with Crippen LogP contribution in [-0.2, 0) is 13.1 Å². The molecular weight excluding hydrogens is 254 g/mol. The second kappa shape index (κ2) is 5.32. The number of fused-ring (bicyclic) bond motifs is 1. The Kier molecular flexibility index (Phi) is 3.37. The summed E-state index contributed by atoms with van der Waals surface area (Å²) in [6, 6.07) is 8.72. The third-order valence-corrected chi connectivity index (χ3v) is 3.24. The molecule has 6 heteroatoms. The zero-order valence-electron chi connectivity index (χ0n) is 11.6. The number of hydrogen-bond acceptors (Lipinski definition) is 6. The number of methoxy groups -OCH3 is 1. The summed E-state index contributed by atoms with van der Waals surface area (Å²) < 4.78 is 5.15. The lowest BCUT2D eigenvalue weighted by Gasteiger charge is -2.16. The van der Waals surface area contributed by atoms with Crippen LogP contribution in [0.25, 0.3) is 0 Å². The van der Waals surface area contributed by atoms with Gasteiger partial charge in [0, 0.05) is 19.6 Å². The van der Waals surface area contributed by atoms with Crippen LogP contribution >= 0.6 is 0 Å². The number of aromatic nitrogens is 3. The Hall–Kier alpha value is -2.37. The minimum atomic E-state index is 0.335. The minimum absolute atomic E-state index is 0.335. The van der Waals surface area contributed by atoms with E-state index < -0.39 is 0 Å².